The SMILES string of the molecule is CC(C)c1nc(NC2CCC(CO)CC2)nc(N(C)C)n1. The largest absolute Gasteiger partial charge is 0.396 e. The molecule has 0 aromatic carbocycles. The minimum absolute atomic E-state index is 0.275. The molecule has 2 N–H and O–H groups in total. The van der Waals surface area contributed by atoms with Crippen molar-refractivity contribution in [2.75, 3.05) is 30.9 Å². The molecule has 2 rings (SSSR count). The Labute approximate surface area is 127 Å². The van der Waals surface area contributed by atoms with Gasteiger partial charge in [0.25, 0.3) is 0 Å². The standard InChI is InChI=1S/C15H27N5O/c1-10(2)13-17-14(19-15(18-13)20(3)4)16-12-7-5-11(9-21)6-8-12/h10-12,21H,5-9H2,1-4H3,(H,16,17,18,19). The van der Waals surface area contributed by atoms with E-state index in [0.29, 0.717) is 30.5 Å². The van der Waals surface area contributed by atoms with Crippen LogP contribution < -0.4 is 10.2 Å². The average Bonchev–Trinajstić information content (AvgIpc) is 2.47. The average molecular weight is 293 g/mol. The summed E-state index contributed by atoms with van der Waals surface area (Å²) in [6.45, 7) is 4.48. The van der Waals surface area contributed by atoms with Crippen molar-refractivity contribution in [3.05, 3.63) is 5.82 Å². The zero-order chi connectivity index (χ0) is 15.4. The van der Waals surface area contributed by atoms with Crippen molar-refractivity contribution in [3.63, 3.8) is 0 Å². The van der Waals surface area contributed by atoms with Gasteiger partial charge in [0.1, 0.15) is 5.82 Å². The summed E-state index contributed by atoms with van der Waals surface area (Å²) in [5.74, 6) is 2.92. The maximum atomic E-state index is 9.20. The van der Waals surface area contributed by atoms with E-state index in [1.807, 2.05) is 19.0 Å². The van der Waals surface area contributed by atoms with Crippen LogP contribution in [0.5, 0.6) is 0 Å². The molecule has 1 aliphatic carbocycles. The van der Waals surface area contributed by atoms with Crippen LogP contribution in [0.2, 0.25) is 0 Å². The van der Waals surface area contributed by atoms with Crippen LogP contribution >= 0.6 is 0 Å². The Balaban J connectivity index is 2.08. The summed E-state index contributed by atoms with van der Waals surface area (Å²) < 4.78 is 0. The molecule has 1 aromatic rings. The van der Waals surface area contributed by atoms with E-state index >= 15 is 0 Å². The lowest BCUT2D eigenvalue weighted by Gasteiger charge is -2.28. The Hall–Kier alpha value is -1.43. The second-order valence-electron chi connectivity index (χ2n) is 6.41. The summed E-state index contributed by atoms with van der Waals surface area (Å²) >= 11 is 0. The Kier molecular flexibility index (Phi) is 5.33. The van der Waals surface area contributed by atoms with E-state index < -0.39 is 0 Å². The van der Waals surface area contributed by atoms with E-state index in [2.05, 4.69) is 34.1 Å². The van der Waals surface area contributed by atoms with Gasteiger partial charge in [-0.1, -0.05) is 13.8 Å². The minimum Gasteiger partial charge on any atom is -0.396 e. The molecule has 118 valence electrons. The first-order valence-corrected chi connectivity index (χ1v) is 7.80. The maximum Gasteiger partial charge on any atom is 0.229 e. The molecule has 0 radical (unpaired) electrons. The van der Waals surface area contributed by atoms with Crippen LogP contribution in [0.1, 0.15) is 51.3 Å². The Morgan fingerprint density at radius 2 is 1.81 bits per heavy atom. The fraction of sp³-hybridized carbons (Fsp3) is 0.800. The minimum atomic E-state index is 0.275. The molecule has 1 aliphatic rings. The van der Waals surface area contributed by atoms with E-state index in [9.17, 15) is 5.11 Å². The highest BCUT2D eigenvalue weighted by Gasteiger charge is 2.21. The van der Waals surface area contributed by atoms with Crippen molar-refractivity contribution in [2.45, 2.75) is 51.5 Å². The molecule has 21 heavy (non-hydrogen) atoms. The number of aromatic nitrogens is 3. The predicted octanol–water partition coefficient (Wildman–Crippen LogP) is 2.02. The summed E-state index contributed by atoms with van der Waals surface area (Å²) in [6, 6.07) is 0.394. The highest BCUT2D eigenvalue weighted by Crippen LogP contribution is 2.26. The molecular weight excluding hydrogens is 266 g/mol. The van der Waals surface area contributed by atoms with Gasteiger partial charge in [-0.05, 0) is 31.6 Å². The van der Waals surface area contributed by atoms with Gasteiger partial charge in [-0.2, -0.15) is 15.0 Å². The number of hydrogen-bond donors (Lipinski definition) is 2. The molecule has 0 bridgehead atoms. The third-order valence-electron chi connectivity index (χ3n) is 4.00. The normalized spacial score (nSPS) is 22.4. The third kappa shape index (κ3) is 4.27. The van der Waals surface area contributed by atoms with Gasteiger partial charge in [0.15, 0.2) is 0 Å². The highest BCUT2D eigenvalue weighted by molar-refractivity contribution is 5.36. The van der Waals surface area contributed by atoms with E-state index in [-0.39, 0.29) is 5.92 Å². The van der Waals surface area contributed by atoms with Crippen molar-refractivity contribution in [1.29, 1.82) is 0 Å². The first-order chi connectivity index (χ1) is 9.99. The van der Waals surface area contributed by atoms with Crippen molar-refractivity contribution in [2.24, 2.45) is 5.92 Å². The van der Waals surface area contributed by atoms with Crippen LogP contribution in [-0.4, -0.2) is 46.8 Å². The summed E-state index contributed by atoms with van der Waals surface area (Å²) in [6.07, 6.45) is 4.25. The molecular formula is C15H27N5O. The van der Waals surface area contributed by atoms with Gasteiger partial charge < -0.3 is 15.3 Å². The quantitative estimate of drug-likeness (QED) is 0.865. The molecule has 1 aromatic heterocycles. The molecule has 0 saturated heterocycles. The number of aliphatic hydroxyl groups is 1. The van der Waals surface area contributed by atoms with Gasteiger partial charge in [-0.3, -0.25) is 0 Å². The molecule has 6 nitrogen and oxygen atoms in total. The molecule has 0 amide bonds. The number of aliphatic hydroxyl groups excluding tert-OH is 1. The lowest BCUT2D eigenvalue weighted by Crippen LogP contribution is -2.29. The molecule has 6 heteroatoms. The first kappa shape index (κ1) is 15.9. The molecule has 0 spiro atoms. The van der Waals surface area contributed by atoms with Crippen LogP contribution in [0.3, 0.4) is 0 Å². The highest BCUT2D eigenvalue weighted by atomic mass is 16.3. The van der Waals surface area contributed by atoms with E-state index in [1.165, 1.54) is 0 Å². The van der Waals surface area contributed by atoms with Crippen LogP contribution in [-0.2, 0) is 0 Å². The first-order valence-electron chi connectivity index (χ1n) is 7.80. The number of hydrogen-bond acceptors (Lipinski definition) is 6. The van der Waals surface area contributed by atoms with Crippen LogP contribution in [0.15, 0.2) is 0 Å². The summed E-state index contributed by atoms with van der Waals surface area (Å²) in [5, 5.41) is 12.6. The van der Waals surface area contributed by atoms with E-state index in [4.69, 9.17) is 0 Å². The molecule has 1 fully saturated rings. The number of nitrogens with one attached hydrogen (secondary N) is 1. The lowest BCUT2D eigenvalue weighted by atomic mass is 9.87. The molecule has 1 saturated carbocycles. The van der Waals surface area contributed by atoms with Crippen molar-refractivity contribution >= 4 is 11.9 Å². The molecule has 0 atom stereocenters. The molecule has 1 heterocycles. The van der Waals surface area contributed by atoms with Gasteiger partial charge >= 0.3 is 0 Å². The summed E-state index contributed by atoms with van der Waals surface area (Å²) in [7, 11) is 3.88. The third-order valence-corrected chi connectivity index (χ3v) is 4.00. The monoisotopic (exact) mass is 293 g/mol. The fourth-order valence-corrected chi connectivity index (χ4v) is 2.58. The topological polar surface area (TPSA) is 74.2 Å². The predicted molar refractivity (Wildman–Crippen MR) is 84.7 cm³/mol. The fourth-order valence-electron chi connectivity index (χ4n) is 2.58. The van der Waals surface area contributed by atoms with Gasteiger partial charge in [0, 0.05) is 32.7 Å². The van der Waals surface area contributed by atoms with Gasteiger partial charge in [0.2, 0.25) is 11.9 Å². The number of nitrogens with zero attached hydrogens (tertiary/aromatic N) is 4. The van der Waals surface area contributed by atoms with Crippen LogP contribution in [0.4, 0.5) is 11.9 Å². The van der Waals surface area contributed by atoms with Crippen LogP contribution in [0, 0.1) is 5.92 Å². The van der Waals surface area contributed by atoms with E-state index in [0.717, 1.165) is 31.5 Å². The molecule has 0 aliphatic heterocycles. The Morgan fingerprint density at radius 1 is 1.14 bits per heavy atom. The van der Waals surface area contributed by atoms with Crippen molar-refractivity contribution in [3.8, 4) is 0 Å². The van der Waals surface area contributed by atoms with Crippen molar-refractivity contribution < 1.29 is 5.11 Å². The number of anilines is 2. The van der Waals surface area contributed by atoms with Gasteiger partial charge in [0.05, 0.1) is 0 Å². The van der Waals surface area contributed by atoms with Gasteiger partial charge in [-0.15, -0.1) is 0 Å². The second kappa shape index (κ2) is 7.02. The van der Waals surface area contributed by atoms with Crippen LogP contribution in [0.25, 0.3) is 0 Å². The second-order valence-corrected chi connectivity index (χ2v) is 6.41. The van der Waals surface area contributed by atoms with E-state index in [1.54, 1.807) is 0 Å². The van der Waals surface area contributed by atoms with Crippen molar-refractivity contribution in [1.82, 2.24) is 15.0 Å². The summed E-state index contributed by atoms with van der Waals surface area (Å²) in [4.78, 5) is 15.4. The number of rotatable bonds is 5. The molecule has 0 unspecified atom stereocenters. The smallest absolute Gasteiger partial charge is 0.229 e. The zero-order valence-corrected chi connectivity index (χ0v) is 13.5. The maximum absolute atomic E-state index is 9.20. The van der Waals surface area contributed by atoms with Gasteiger partial charge in [-0.25, -0.2) is 0 Å². The Morgan fingerprint density at radius 3 is 2.33 bits per heavy atom. The Bertz CT molecular complexity index is 429. The summed E-state index contributed by atoms with van der Waals surface area (Å²) in [5.41, 5.74) is 0. The lowest BCUT2D eigenvalue weighted by molar-refractivity contribution is 0.185. The zero-order valence-electron chi connectivity index (χ0n) is 13.5.